The summed E-state index contributed by atoms with van der Waals surface area (Å²) >= 11 is 4.04. The van der Waals surface area contributed by atoms with Gasteiger partial charge in [0.15, 0.2) is 66.4 Å². The molecule has 36 heteroatoms. The molecule has 582 valence electrons. The van der Waals surface area contributed by atoms with Crippen molar-refractivity contribution in [3.05, 3.63) is 105 Å². The number of nitrogens with one attached hydrogen (secondary N) is 3. The number of benzene rings is 3. The van der Waals surface area contributed by atoms with Gasteiger partial charge < -0.3 is 76.1 Å². The van der Waals surface area contributed by atoms with Crippen LogP contribution in [0.2, 0.25) is 0 Å². The minimum absolute atomic E-state index is 0.0104. The van der Waals surface area contributed by atoms with Gasteiger partial charge >= 0.3 is 0 Å². The van der Waals surface area contributed by atoms with E-state index >= 15 is 0 Å². The maximum atomic E-state index is 14.3. The van der Waals surface area contributed by atoms with Crippen molar-refractivity contribution >= 4 is 86.2 Å². The van der Waals surface area contributed by atoms with Crippen LogP contribution in [0.25, 0.3) is 33.5 Å². The van der Waals surface area contributed by atoms with Gasteiger partial charge in [-0.15, -0.1) is 15.3 Å². The summed E-state index contributed by atoms with van der Waals surface area (Å²) in [5, 5.41) is 127. The number of aromatic nitrogens is 15. The van der Waals surface area contributed by atoms with Crippen molar-refractivity contribution in [2.75, 3.05) is 72.8 Å². The lowest BCUT2D eigenvalue weighted by Gasteiger charge is -2.17. The highest BCUT2D eigenvalue weighted by Gasteiger charge is 2.49. The molecule has 108 heavy (non-hydrogen) atoms. The molecule has 0 saturated heterocycles. The quantitative estimate of drug-likeness (QED) is 0.0168. The Morgan fingerprint density at radius 3 is 1.09 bits per heavy atom. The predicted molar refractivity (Wildman–Crippen MR) is 398 cm³/mol. The number of ether oxygens (including phenoxy) is 3. The molecule has 6 heterocycles. The molecule has 30 nitrogen and oxygen atoms in total. The lowest BCUT2D eigenvalue weighted by Crippen LogP contribution is -2.33. The number of fused-ring (bicyclic) bond motifs is 3. The number of anilines is 3. The maximum Gasteiger partial charge on any atom is 0.191 e. The Hall–Kier alpha value is -7.14. The minimum Gasteiger partial charge on any atom is -0.394 e. The van der Waals surface area contributed by atoms with Crippen molar-refractivity contribution < 1.29 is 91.2 Å². The third kappa shape index (κ3) is 17.5. The van der Waals surface area contributed by atoms with Crippen LogP contribution in [0.4, 0.5) is 30.6 Å². The normalized spacial score (nSPS) is 33.1. The summed E-state index contributed by atoms with van der Waals surface area (Å²) in [7, 11) is 0. The SMILES string of the molecule is [2H]C([2H])(CO)O[C@H]1C[C@@H](n2nnc3c(N[C@@H]4C([2H])([2H])[C@@]4([2H])c4ccc(C)c(F)c4)nc(SCCC)nc32)[C@H](O)[C@@H]1O.[2H]C([2H])(O)CO[C@H]1C[C@@H](n2nnc3c(N[C@@H]4C([2H])([2H])[C@@]4([2H])c4ccc(C)c(F)c4)nc(SCCC)nc32)[C@H](O)[C@@H]1O.[2H]C1([2H])[C@@H](Nc2nc(SCCC)nc3c2nnn3[C@@H]2C[C@H](OCCO)[C@@H](O)[C@H]2O)[C@]1([2H])c1ccc(C)c(F)c1. The van der Waals surface area contributed by atoms with Crippen LogP contribution in [0.5, 0.6) is 0 Å². The van der Waals surface area contributed by atoms with Crippen LogP contribution in [-0.2, 0) is 14.2 Å². The van der Waals surface area contributed by atoms with Gasteiger partial charge in [0.05, 0.1) is 81.5 Å². The fourth-order valence-electron chi connectivity index (χ4n) is 12.9. The lowest BCUT2D eigenvalue weighted by atomic mass is 10.1. The molecule has 0 spiro atoms. The van der Waals surface area contributed by atoms with Gasteiger partial charge in [-0.05, 0) is 111 Å². The number of aryl methyl sites for hydroxylation is 3. The van der Waals surface area contributed by atoms with E-state index in [4.69, 9.17) is 37.1 Å². The van der Waals surface area contributed by atoms with Crippen molar-refractivity contribution in [2.45, 2.75) is 224 Å². The molecule has 0 bridgehead atoms. The summed E-state index contributed by atoms with van der Waals surface area (Å²) in [4.78, 5) is 27.3. The van der Waals surface area contributed by atoms with Gasteiger partial charge in [-0.2, -0.15) is 0 Å². The largest absolute Gasteiger partial charge is 0.394 e. The number of hydrogen-bond acceptors (Lipinski definition) is 30. The molecule has 6 fully saturated rings. The van der Waals surface area contributed by atoms with Gasteiger partial charge in [0.2, 0.25) is 0 Å². The monoisotopic (exact) mass is 1570 g/mol. The Morgan fingerprint density at radius 1 is 0.472 bits per heavy atom. The first-order valence-electron chi connectivity index (χ1n) is 41.8. The number of nitrogens with zero attached hydrogens (tertiary/aromatic N) is 15. The zero-order valence-corrected chi connectivity index (χ0v) is 61.8. The topological polar surface area (TPSA) is 415 Å². The Balaban J connectivity index is 0.000000157. The van der Waals surface area contributed by atoms with E-state index in [0.29, 0.717) is 49.4 Å². The van der Waals surface area contributed by atoms with Crippen LogP contribution in [0.15, 0.2) is 70.1 Å². The summed E-state index contributed by atoms with van der Waals surface area (Å²) < 4.78 is 171. The van der Waals surface area contributed by atoms with Crippen LogP contribution in [0.1, 0.15) is 165 Å². The van der Waals surface area contributed by atoms with Gasteiger partial charge in [0.1, 0.15) is 54.1 Å². The number of aliphatic hydroxyl groups excluding tert-OH is 8. The highest BCUT2D eigenvalue weighted by Crippen LogP contribution is 2.48. The first-order chi connectivity index (χ1) is 57.0. The third-order valence-corrected chi connectivity index (χ3v) is 22.0. The molecule has 9 aromatic rings. The second-order valence-electron chi connectivity index (χ2n) is 26.5. The zero-order valence-electron chi connectivity index (χ0n) is 72.4. The van der Waals surface area contributed by atoms with E-state index in [1.165, 1.54) is 97.9 Å². The second-order valence-corrected chi connectivity index (χ2v) is 29.7. The van der Waals surface area contributed by atoms with Crippen LogP contribution < -0.4 is 16.0 Å². The van der Waals surface area contributed by atoms with E-state index in [1.807, 2.05) is 20.8 Å². The van der Waals surface area contributed by atoms with E-state index in [9.17, 15) is 54.0 Å². The average molecular weight is 1570 g/mol. The Bertz CT molecular complexity index is 5270. The Labute approximate surface area is 651 Å². The molecule has 3 aromatic carbocycles. The standard InChI is InChI=1S/3C24H31FN6O4S/c3*1-3-8-36-24-27-22(26-16-10-14(16)13-5-4-12(2)15(25)9-13)19-23(28-24)31(30-29-19)17-11-18(35-7-6-32)21(34)20(17)33/h3*4-5,9,14,16-18,20-21,32-34H,3,6-8,10-11H2,1-2H3,(H,26,27,28)/t3*14-,16+,17+,18-,20-,21+/m000/s1/i7D2,10D2,14D;6D2,10D2,14D;10D2,14D. The fraction of sp³-hybridized carbons (Fsp3) is 0.583. The smallest absolute Gasteiger partial charge is 0.191 e. The second kappa shape index (κ2) is 35.1. The summed E-state index contributed by atoms with van der Waals surface area (Å²) in [5.41, 5.74) is 2.84. The summed E-state index contributed by atoms with van der Waals surface area (Å²) in [5.74, 6) is -4.52. The van der Waals surface area contributed by atoms with Gasteiger partial charge in [0, 0.05) is 84.7 Å². The third-order valence-electron chi connectivity index (χ3n) is 18.8. The molecule has 6 aliphatic rings. The van der Waals surface area contributed by atoms with E-state index in [0.717, 1.165) is 19.3 Å². The summed E-state index contributed by atoms with van der Waals surface area (Å²) in [6, 6.07) is 6.91. The van der Waals surface area contributed by atoms with Crippen LogP contribution >= 0.6 is 35.3 Å². The van der Waals surface area contributed by atoms with Crippen molar-refractivity contribution in [2.24, 2.45) is 0 Å². The zero-order chi connectivity index (χ0) is 87.9. The molecular formula is C72H93F3N18O12S3. The molecule has 6 saturated carbocycles. The van der Waals surface area contributed by atoms with Crippen LogP contribution in [-0.4, -0.2) is 251 Å². The fourth-order valence-corrected chi connectivity index (χ4v) is 14.9. The molecule has 12 N–H and O–H groups in total. The Morgan fingerprint density at radius 2 is 0.796 bits per heavy atom. The molecular weight excluding hydrogens is 1460 g/mol. The van der Waals surface area contributed by atoms with Gasteiger partial charge in [0.25, 0.3) is 0 Å². The summed E-state index contributed by atoms with van der Waals surface area (Å²) in [6.07, 6.45) is -14.5. The molecule has 6 aliphatic carbocycles. The molecule has 0 amide bonds. The number of rotatable bonds is 30. The Kier molecular flexibility index (Phi) is 20.6. The summed E-state index contributed by atoms with van der Waals surface area (Å²) in [6.45, 7) is 3.83. The molecule has 0 radical (unpaired) electrons. The van der Waals surface area contributed by atoms with Crippen molar-refractivity contribution in [3.63, 3.8) is 0 Å². The first-order valence-corrected chi connectivity index (χ1v) is 38.2. The van der Waals surface area contributed by atoms with E-state index < -0.39 is 172 Å². The first kappa shape index (κ1) is 63.5. The maximum absolute atomic E-state index is 14.3. The number of aliphatic hydroxyl groups is 9. The lowest BCUT2D eigenvalue weighted by molar-refractivity contribution is -0.0629. The van der Waals surface area contributed by atoms with Crippen molar-refractivity contribution in [3.8, 4) is 0 Å². The molecule has 0 unspecified atom stereocenters. The molecule has 6 aromatic heterocycles. The molecule has 18 atom stereocenters. The van der Waals surface area contributed by atoms with E-state index in [-0.39, 0.29) is 100 Å². The van der Waals surface area contributed by atoms with Crippen LogP contribution in [0, 0.1) is 38.2 Å². The van der Waals surface area contributed by atoms with Crippen molar-refractivity contribution in [1.29, 1.82) is 0 Å². The minimum atomic E-state index is -2.62. The van der Waals surface area contributed by atoms with E-state index in [1.54, 1.807) is 26.8 Å². The van der Waals surface area contributed by atoms with Crippen LogP contribution in [0.3, 0.4) is 0 Å². The predicted octanol–water partition coefficient (Wildman–Crippen LogP) is 6.55. The number of thioether (sulfide) groups is 3. The number of hydrogen-bond donors (Lipinski definition) is 12. The van der Waals surface area contributed by atoms with E-state index in [2.05, 4.69) is 76.8 Å². The van der Waals surface area contributed by atoms with Gasteiger partial charge in [-0.3, -0.25) is 0 Å². The molecule has 15 rings (SSSR count). The highest BCUT2D eigenvalue weighted by molar-refractivity contribution is 7.99. The van der Waals surface area contributed by atoms with Gasteiger partial charge in [-0.1, -0.05) is 108 Å². The highest BCUT2D eigenvalue weighted by atomic mass is 32.2. The van der Waals surface area contributed by atoms with Gasteiger partial charge in [-0.25, -0.2) is 57.1 Å². The molecule has 0 aliphatic heterocycles. The average Bonchev–Trinajstić information content (AvgIpc) is 1.52. The van der Waals surface area contributed by atoms with Crippen molar-refractivity contribution in [1.82, 2.24) is 74.9 Å². The number of halogens is 3.